The minimum absolute atomic E-state index is 0.0288. The van der Waals surface area contributed by atoms with Crippen LogP contribution in [-0.4, -0.2) is 48.8 Å². The van der Waals surface area contributed by atoms with Crippen molar-refractivity contribution in [2.45, 2.75) is 38.6 Å². The van der Waals surface area contributed by atoms with Crippen LogP contribution in [0.1, 0.15) is 60.3 Å². The molecule has 2 amide bonds. The van der Waals surface area contributed by atoms with Crippen LogP contribution < -0.4 is 10.1 Å². The van der Waals surface area contributed by atoms with Gasteiger partial charge in [-0.2, -0.15) is 5.10 Å². The molecule has 1 N–H and O–H groups in total. The fraction of sp³-hybridized carbons (Fsp3) is 0.290. The molecule has 1 unspecified atom stereocenters. The molecule has 1 atom stereocenters. The predicted molar refractivity (Wildman–Crippen MR) is 149 cm³/mol. The van der Waals surface area contributed by atoms with Gasteiger partial charge in [-0.25, -0.2) is 5.01 Å². The zero-order valence-electron chi connectivity index (χ0n) is 22.6. The van der Waals surface area contributed by atoms with E-state index in [1.165, 1.54) is 5.01 Å². The zero-order valence-corrected chi connectivity index (χ0v) is 22.6. The summed E-state index contributed by atoms with van der Waals surface area (Å²) in [4.78, 5) is 37.9. The number of methoxy groups -OCH3 is 1. The molecule has 8 heteroatoms. The second kappa shape index (κ2) is 11.9. The maximum absolute atomic E-state index is 13.1. The summed E-state index contributed by atoms with van der Waals surface area (Å²) in [6.45, 7) is 5.43. The van der Waals surface area contributed by atoms with Gasteiger partial charge in [0.15, 0.2) is 6.61 Å². The lowest BCUT2D eigenvalue weighted by molar-refractivity contribution is -0.152. The first-order valence-electron chi connectivity index (χ1n) is 12.8. The number of carbonyl (C=O) groups is 3. The summed E-state index contributed by atoms with van der Waals surface area (Å²) in [5.41, 5.74) is 4.08. The largest absolute Gasteiger partial charge is 0.497 e. The Morgan fingerprint density at radius 2 is 1.62 bits per heavy atom. The summed E-state index contributed by atoms with van der Waals surface area (Å²) in [6.07, 6.45) is 0.514. The Bertz CT molecular complexity index is 1340. The van der Waals surface area contributed by atoms with Crippen LogP contribution in [0, 0.1) is 0 Å². The van der Waals surface area contributed by atoms with Crippen molar-refractivity contribution in [3.63, 3.8) is 0 Å². The Hall–Kier alpha value is -4.46. The van der Waals surface area contributed by atoms with Crippen LogP contribution in [0.3, 0.4) is 0 Å². The van der Waals surface area contributed by atoms with Crippen LogP contribution in [0.25, 0.3) is 0 Å². The molecule has 0 bridgehead atoms. The van der Waals surface area contributed by atoms with E-state index in [-0.39, 0.29) is 18.0 Å². The highest BCUT2D eigenvalue weighted by atomic mass is 16.5. The smallest absolute Gasteiger partial charge is 0.325 e. The molecule has 1 aliphatic heterocycles. The molecule has 1 heterocycles. The molecule has 4 rings (SSSR count). The van der Waals surface area contributed by atoms with Crippen molar-refractivity contribution in [1.82, 2.24) is 10.3 Å². The molecular formula is C31H33N3O5. The van der Waals surface area contributed by atoms with E-state index in [4.69, 9.17) is 9.47 Å². The quantitative estimate of drug-likeness (QED) is 0.431. The van der Waals surface area contributed by atoms with Gasteiger partial charge in [-0.15, -0.1) is 0 Å². The van der Waals surface area contributed by atoms with Crippen molar-refractivity contribution in [3.05, 3.63) is 101 Å². The average Bonchev–Trinajstić information content (AvgIpc) is 3.40. The number of carbonyl (C=O) groups excluding carboxylic acids is 3. The molecule has 3 aromatic carbocycles. The summed E-state index contributed by atoms with van der Waals surface area (Å²) < 4.78 is 10.4. The second-order valence-corrected chi connectivity index (χ2v) is 10.3. The Labute approximate surface area is 228 Å². The third-order valence-corrected chi connectivity index (χ3v) is 6.54. The van der Waals surface area contributed by atoms with E-state index in [1.54, 1.807) is 19.2 Å². The van der Waals surface area contributed by atoms with Gasteiger partial charge in [-0.1, -0.05) is 75.4 Å². The number of hydrogen-bond acceptors (Lipinski definition) is 6. The van der Waals surface area contributed by atoms with E-state index in [0.29, 0.717) is 17.7 Å². The van der Waals surface area contributed by atoms with Gasteiger partial charge in [-0.3, -0.25) is 14.4 Å². The van der Waals surface area contributed by atoms with E-state index in [1.807, 2.05) is 66.7 Å². The predicted octanol–water partition coefficient (Wildman–Crippen LogP) is 4.64. The highest BCUT2D eigenvalue weighted by molar-refractivity contribution is 6.03. The fourth-order valence-corrected chi connectivity index (χ4v) is 4.27. The Morgan fingerprint density at radius 1 is 0.949 bits per heavy atom. The summed E-state index contributed by atoms with van der Waals surface area (Å²) in [5, 5.41) is 8.50. The fourth-order valence-electron chi connectivity index (χ4n) is 4.27. The van der Waals surface area contributed by atoms with Crippen molar-refractivity contribution >= 4 is 23.5 Å². The van der Waals surface area contributed by atoms with E-state index < -0.39 is 24.4 Å². The van der Waals surface area contributed by atoms with Crippen LogP contribution in [0.15, 0.2) is 84.0 Å². The van der Waals surface area contributed by atoms with E-state index in [9.17, 15) is 14.4 Å². The zero-order chi connectivity index (χ0) is 28.0. The number of ether oxygens (including phenoxy) is 2. The summed E-state index contributed by atoms with van der Waals surface area (Å²) in [7, 11) is 1.59. The third kappa shape index (κ3) is 6.90. The van der Waals surface area contributed by atoms with Crippen LogP contribution in [-0.2, 0) is 19.7 Å². The minimum atomic E-state index is -0.713. The molecule has 3 aromatic rings. The van der Waals surface area contributed by atoms with Crippen molar-refractivity contribution in [3.8, 4) is 5.75 Å². The molecule has 1 aliphatic rings. The van der Waals surface area contributed by atoms with Crippen molar-refractivity contribution in [1.29, 1.82) is 0 Å². The molecule has 39 heavy (non-hydrogen) atoms. The number of benzene rings is 3. The molecule has 0 radical (unpaired) electrons. The van der Waals surface area contributed by atoms with E-state index in [0.717, 1.165) is 22.4 Å². The molecule has 202 valence electrons. The lowest BCUT2D eigenvalue weighted by Crippen LogP contribution is -2.34. The number of nitrogens with zero attached hydrogens (tertiary/aromatic N) is 2. The van der Waals surface area contributed by atoms with Gasteiger partial charge in [0.25, 0.3) is 11.8 Å². The molecular weight excluding hydrogens is 494 g/mol. The van der Waals surface area contributed by atoms with Gasteiger partial charge >= 0.3 is 5.97 Å². The maximum Gasteiger partial charge on any atom is 0.325 e. The van der Waals surface area contributed by atoms with Crippen molar-refractivity contribution in [2.24, 2.45) is 5.10 Å². The monoisotopic (exact) mass is 527 g/mol. The van der Waals surface area contributed by atoms with Crippen LogP contribution in [0.2, 0.25) is 0 Å². The van der Waals surface area contributed by atoms with E-state index >= 15 is 0 Å². The van der Waals surface area contributed by atoms with Gasteiger partial charge in [0.1, 0.15) is 12.3 Å². The number of amides is 2. The molecule has 0 aromatic heterocycles. The topological polar surface area (TPSA) is 97.3 Å². The average molecular weight is 528 g/mol. The molecule has 0 spiro atoms. The van der Waals surface area contributed by atoms with E-state index in [2.05, 4.69) is 31.2 Å². The van der Waals surface area contributed by atoms with Gasteiger partial charge in [0.2, 0.25) is 0 Å². The summed E-state index contributed by atoms with van der Waals surface area (Å²) >= 11 is 0. The Morgan fingerprint density at radius 3 is 2.23 bits per heavy atom. The molecule has 0 aliphatic carbocycles. The van der Waals surface area contributed by atoms with Crippen LogP contribution >= 0.6 is 0 Å². The highest BCUT2D eigenvalue weighted by Crippen LogP contribution is 2.33. The highest BCUT2D eigenvalue weighted by Gasteiger charge is 2.33. The molecule has 0 fully saturated rings. The third-order valence-electron chi connectivity index (χ3n) is 6.54. The van der Waals surface area contributed by atoms with Gasteiger partial charge in [-0.05, 0) is 46.4 Å². The number of rotatable bonds is 8. The lowest BCUT2D eigenvalue weighted by Gasteiger charge is -2.22. The van der Waals surface area contributed by atoms with Gasteiger partial charge < -0.3 is 14.8 Å². The number of hydrogen-bond donors (Lipinski definition) is 1. The summed E-state index contributed by atoms with van der Waals surface area (Å²) in [6, 6.07) is 24.0. The second-order valence-electron chi connectivity index (χ2n) is 10.3. The van der Waals surface area contributed by atoms with Crippen LogP contribution in [0.5, 0.6) is 5.75 Å². The molecule has 0 saturated carbocycles. The Balaban J connectivity index is 1.37. The molecule has 0 saturated heterocycles. The normalized spacial score (nSPS) is 14.9. The standard InChI is InChI=1S/C31H33N3O5/c1-31(2,3)24-14-10-23(11-15-24)30(37)32-19-29(36)39-20-28(35)34-27(22-12-16-25(38-4)17-13-22)18-26(33-34)21-8-6-5-7-9-21/h5-17,27H,18-20H2,1-4H3,(H,32,37). The first-order valence-corrected chi connectivity index (χ1v) is 12.8. The van der Waals surface area contributed by atoms with Crippen molar-refractivity contribution in [2.75, 3.05) is 20.3 Å². The SMILES string of the molecule is COc1ccc(C2CC(c3ccccc3)=NN2C(=O)COC(=O)CNC(=O)c2ccc(C(C)(C)C)cc2)cc1. The number of esters is 1. The van der Waals surface area contributed by atoms with Crippen molar-refractivity contribution < 1.29 is 23.9 Å². The molecule has 8 nitrogen and oxygen atoms in total. The van der Waals surface area contributed by atoms with Crippen LogP contribution in [0.4, 0.5) is 0 Å². The number of nitrogens with one attached hydrogen (secondary N) is 1. The first-order chi connectivity index (χ1) is 18.7. The summed E-state index contributed by atoms with van der Waals surface area (Å²) in [5.74, 6) is -0.857. The minimum Gasteiger partial charge on any atom is -0.497 e. The van der Waals surface area contributed by atoms with Gasteiger partial charge in [0.05, 0.1) is 18.9 Å². The lowest BCUT2D eigenvalue weighted by atomic mass is 9.87. The number of hydrazone groups is 1. The van der Waals surface area contributed by atoms with Gasteiger partial charge in [0, 0.05) is 12.0 Å². The maximum atomic E-state index is 13.1. The first kappa shape index (κ1) is 27.6. The Kier molecular flexibility index (Phi) is 8.44.